The number of piperidine rings is 1. The van der Waals surface area contributed by atoms with Gasteiger partial charge in [-0.25, -0.2) is 4.79 Å². The summed E-state index contributed by atoms with van der Waals surface area (Å²) in [7, 11) is 1.51. The predicted octanol–water partition coefficient (Wildman–Crippen LogP) is 1.20. The number of nitrogens with zero attached hydrogens (tertiary/aromatic N) is 2. The number of rotatable bonds is 3. The third-order valence-electron chi connectivity index (χ3n) is 3.99. The van der Waals surface area contributed by atoms with Crippen molar-refractivity contribution in [3.63, 3.8) is 0 Å². The first-order chi connectivity index (χ1) is 9.55. The van der Waals surface area contributed by atoms with E-state index in [1.54, 1.807) is 4.90 Å². The Labute approximate surface area is 126 Å². The van der Waals surface area contributed by atoms with Crippen LogP contribution < -0.4 is 0 Å². The minimum absolute atomic E-state index is 0.0361. The SMILES string of the molecule is CC(C(=O)O)N(C)C(=O)C1CCCN(C(=O)C(C)(C)C)C1. The summed E-state index contributed by atoms with van der Waals surface area (Å²) < 4.78 is 0. The van der Waals surface area contributed by atoms with Gasteiger partial charge < -0.3 is 14.9 Å². The number of carbonyl (C=O) groups is 3. The molecular weight excluding hydrogens is 272 g/mol. The largest absolute Gasteiger partial charge is 0.480 e. The molecule has 1 aliphatic rings. The van der Waals surface area contributed by atoms with Crippen molar-refractivity contribution in [3.8, 4) is 0 Å². The van der Waals surface area contributed by atoms with Crippen LogP contribution >= 0.6 is 0 Å². The molecule has 2 atom stereocenters. The third-order valence-corrected chi connectivity index (χ3v) is 3.99. The van der Waals surface area contributed by atoms with Crippen LogP contribution in [0.5, 0.6) is 0 Å². The van der Waals surface area contributed by atoms with E-state index in [1.807, 2.05) is 20.8 Å². The molecule has 0 spiro atoms. The van der Waals surface area contributed by atoms with E-state index in [9.17, 15) is 14.4 Å². The van der Waals surface area contributed by atoms with Crippen molar-refractivity contribution in [2.75, 3.05) is 20.1 Å². The summed E-state index contributed by atoms with van der Waals surface area (Å²) in [5.41, 5.74) is -0.467. The molecule has 0 aromatic rings. The standard InChI is InChI=1S/C15H26N2O4/c1-10(13(19)20)16(5)12(18)11-7-6-8-17(9-11)14(21)15(2,3)4/h10-11H,6-9H2,1-5H3,(H,19,20). The molecular formula is C15H26N2O4. The average Bonchev–Trinajstić information content (AvgIpc) is 2.43. The number of aliphatic carboxylic acids is 1. The van der Waals surface area contributed by atoms with Crippen LogP contribution in [0.4, 0.5) is 0 Å². The first kappa shape index (κ1) is 17.5. The molecule has 0 saturated carbocycles. The molecule has 0 aromatic heterocycles. The number of carbonyl (C=O) groups excluding carboxylic acids is 2. The van der Waals surface area contributed by atoms with Gasteiger partial charge in [-0.05, 0) is 19.8 Å². The molecule has 2 unspecified atom stereocenters. The van der Waals surface area contributed by atoms with Crippen molar-refractivity contribution >= 4 is 17.8 Å². The smallest absolute Gasteiger partial charge is 0.326 e. The van der Waals surface area contributed by atoms with E-state index in [2.05, 4.69) is 0 Å². The highest BCUT2D eigenvalue weighted by atomic mass is 16.4. The molecule has 6 heteroatoms. The minimum atomic E-state index is -1.02. The van der Waals surface area contributed by atoms with Crippen molar-refractivity contribution in [1.29, 1.82) is 0 Å². The van der Waals surface area contributed by atoms with Crippen molar-refractivity contribution in [3.05, 3.63) is 0 Å². The van der Waals surface area contributed by atoms with Crippen LogP contribution in [-0.2, 0) is 14.4 Å². The van der Waals surface area contributed by atoms with Gasteiger partial charge in [0, 0.05) is 25.6 Å². The van der Waals surface area contributed by atoms with Gasteiger partial charge in [-0.2, -0.15) is 0 Å². The van der Waals surface area contributed by atoms with Gasteiger partial charge in [0.25, 0.3) is 0 Å². The number of likely N-dealkylation sites (N-methyl/N-ethyl adjacent to an activating group) is 1. The lowest BCUT2D eigenvalue weighted by Crippen LogP contribution is -2.51. The zero-order valence-corrected chi connectivity index (χ0v) is 13.5. The molecule has 1 heterocycles. The normalized spacial score (nSPS) is 20.8. The molecule has 1 fully saturated rings. The Morgan fingerprint density at radius 3 is 2.33 bits per heavy atom. The van der Waals surface area contributed by atoms with E-state index in [0.29, 0.717) is 19.5 Å². The van der Waals surface area contributed by atoms with E-state index in [1.165, 1.54) is 18.9 Å². The summed E-state index contributed by atoms with van der Waals surface area (Å²) in [4.78, 5) is 38.7. The summed E-state index contributed by atoms with van der Waals surface area (Å²) >= 11 is 0. The number of carboxylic acid groups (broad SMARTS) is 1. The van der Waals surface area contributed by atoms with Crippen molar-refractivity contribution in [2.24, 2.45) is 11.3 Å². The fourth-order valence-electron chi connectivity index (χ4n) is 2.48. The summed E-state index contributed by atoms with van der Waals surface area (Å²) in [5, 5.41) is 8.99. The van der Waals surface area contributed by atoms with E-state index >= 15 is 0 Å². The third kappa shape index (κ3) is 4.19. The van der Waals surface area contributed by atoms with Crippen LogP contribution in [0.2, 0.25) is 0 Å². The van der Waals surface area contributed by atoms with Crippen molar-refractivity contribution in [1.82, 2.24) is 9.80 Å². The molecule has 0 bridgehead atoms. The second-order valence-corrected chi connectivity index (χ2v) is 6.80. The molecule has 1 rings (SSSR count). The molecule has 1 N–H and O–H groups in total. The fourth-order valence-corrected chi connectivity index (χ4v) is 2.48. The summed E-state index contributed by atoms with van der Waals surface area (Å²) in [5.74, 6) is -1.49. The van der Waals surface area contributed by atoms with Gasteiger partial charge >= 0.3 is 5.97 Å². The van der Waals surface area contributed by atoms with E-state index in [4.69, 9.17) is 5.11 Å². The van der Waals surface area contributed by atoms with Crippen LogP contribution in [0, 0.1) is 11.3 Å². The predicted molar refractivity (Wildman–Crippen MR) is 78.6 cm³/mol. The molecule has 2 amide bonds. The van der Waals surface area contributed by atoms with Gasteiger partial charge in [-0.3, -0.25) is 9.59 Å². The highest BCUT2D eigenvalue weighted by Crippen LogP contribution is 2.24. The van der Waals surface area contributed by atoms with Crippen molar-refractivity contribution < 1.29 is 19.5 Å². The molecule has 0 aromatic carbocycles. The van der Waals surface area contributed by atoms with Crippen LogP contribution in [0.25, 0.3) is 0 Å². The highest BCUT2D eigenvalue weighted by molar-refractivity contribution is 5.86. The summed E-state index contributed by atoms with van der Waals surface area (Å²) in [6, 6.07) is -0.855. The maximum atomic E-state index is 12.4. The monoisotopic (exact) mass is 298 g/mol. The second-order valence-electron chi connectivity index (χ2n) is 6.80. The highest BCUT2D eigenvalue weighted by Gasteiger charge is 2.35. The van der Waals surface area contributed by atoms with Crippen LogP contribution in [0.3, 0.4) is 0 Å². The Hall–Kier alpha value is -1.59. The Morgan fingerprint density at radius 1 is 1.29 bits per heavy atom. The minimum Gasteiger partial charge on any atom is -0.480 e. The van der Waals surface area contributed by atoms with Crippen LogP contribution in [0.1, 0.15) is 40.5 Å². The molecule has 6 nitrogen and oxygen atoms in total. The lowest BCUT2D eigenvalue weighted by molar-refractivity contribution is -0.152. The van der Waals surface area contributed by atoms with Gasteiger partial charge in [0.1, 0.15) is 6.04 Å². The topological polar surface area (TPSA) is 77.9 Å². The molecule has 0 radical (unpaired) electrons. The first-order valence-electron chi connectivity index (χ1n) is 7.34. The number of hydrogen-bond donors (Lipinski definition) is 1. The Morgan fingerprint density at radius 2 is 1.86 bits per heavy atom. The zero-order chi connectivity index (χ0) is 16.4. The van der Waals surface area contributed by atoms with Gasteiger partial charge in [0.15, 0.2) is 0 Å². The lowest BCUT2D eigenvalue weighted by atomic mass is 9.90. The number of carboxylic acids is 1. The Kier molecular flexibility index (Phi) is 5.36. The number of amides is 2. The maximum absolute atomic E-state index is 12.4. The molecule has 1 aliphatic heterocycles. The average molecular weight is 298 g/mol. The van der Waals surface area contributed by atoms with E-state index in [0.717, 1.165) is 6.42 Å². The number of likely N-dealkylation sites (tertiary alicyclic amines) is 1. The lowest BCUT2D eigenvalue weighted by Gasteiger charge is -2.37. The molecule has 120 valence electrons. The number of hydrogen-bond acceptors (Lipinski definition) is 3. The summed E-state index contributed by atoms with van der Waals surface area (Å²) in [6.07, 6.45) is 1.47. The van der Waals surface area contributed by atoms with E-state index < -0.39 is 17.4 Å². The molecule has 21 heavy (non-hydrogen) atoms. The summed E-state index contributed by atoms with van der Waals surface area (Å²) in [6.45, 7) is 8.11. The van der Waals surface area contributed by atoms with Crippen LogP contribution in [-0.4, -0.2) is 58.9 Å². The molecule has 0 aliphatic carbocycles. The van der Waals surface area contributed by atoms with Crippen molar-refractivity contribution in [2.45, 2.75) is 46.6 Å². The zero-order valence-electron chi connectivity index (χ0n) is 13.5. The quantitative estimate of drug-likeness (QED) is 0.849. The Balaban J connectivity index is 2.74. The van der Waals surface area contributed by atoms with Gasteiger partial charge in [0.2, 0.25) is 11.8 Å². The van der Waals surface area contributed by atoms with Gasteiger partial charge in [-0.15, -0.1) is 0 Å². The Bertz CT molecular complexity index is 428. The first-order valence-corrected chi connectivity index (χ1v) is 7.34. The van der Waals surface area contributed by atoms with Gasteiger partial charge in [-0.1, -0.05) is 20.8 Å². The van der Waals surface area contributed by atoms with E-state index in [-0.39, 0.29) is 17.7 Å². The van der Waals surface area contributed by atoms with Crippen LogP contribution in [0.15, 0.2) is 0 Å². The molecule has 1 saturated heterocycles. The van der Waals surface area contributed by atoms with Gasteiger partial charge in [0.05, 0.1) is 5.92 Å². The second kappa shape index (κ2) is 6.45. The fraction of sp³-hybridized carbons (Fsp3) is 0.800. The maximum Gasteiger partial charge on any atom is 0.326 e.